The van der Waals surface area contributed by atoms with Crippen molar-refractivity contribution in [1.29, 1.82) is 0 Å². The maximum Gasteiger partial charge on any atom is 0.338 e. The number of nitrogens with zero attached hydrogens (tertiary/aromatic N) is 4. The molecule has 0 unspecified atom stereocenters. The summed E-state index contributed by atoms with van der Waals surface area (Å²) < 4.78 is 10.5. The van der Waals surface area contributed by atoms with Crippen molar-refractivity contribution in [3.63, 3.8) is 0 Å². The number of methoxy groups -OCH3 is 1. The number of carbonyl (C=O) groups is 2. The van der Waals surface area contributed by atoms with Crippen LogP contribution in [0, 0.1) is 5.41 Å². The number of anilines is 3. The van der Waals surface area contributed by atoms with E-state index in [0.717, 1.165) is 35.8 Å². The summed E-state index contributed by atoms with van der Waals surface area (Å²) in [4.78, 5) is 31.4. The van der Waals surface area contributed by atoms with Gasteiger partial charge >= 0.3 is 5.97 Å². The van der Waals surface area contributed by atoms with Gasteiger partial charge in [0.15, 0.2) is 0 Å². The van der Waals surface area contributed by atoms with Crippen LogP contribution in [0.5, 0.6) is 5.75 Å². The third-order valence-electron chi connectivity index (χ3n) is 8.25. The van der Waals surface area contributed by atoms with Crippen LogP contribution in [0.1, 0.15) is 29.8 Å². The van der Waals surface area contributed by atoms with Gasteiger partial charge in [-0.3, -0.25) is 4.79 Å². The van der Waals surface area contributed by atoms with Crippen molar-refractivity contribution in [2.75, 3.05) is 48.2 Å². The van der Waals surface area contributed by atoms with E-state index in [1.54, 1.807) is 38.3 Å². The van der Waals surface area contributed by atoms with Gasteiger partial charge in [-0.25, -0.2) is 4.79 Å². The lowest BCUT2D eigenvalue weighted by Gasteiger charge is -2.53. The van der Waals surface area contributed by atoms with Crippen LogP contribution < -0.4 is 19.5 Å². The fourth-order valence-electron chi connectivity index (χ4n) is 6.22. The van der Waals surface area contributed by atoms with E-state index in [-0.39, 0.29) is 17.9 Å². The van der Waals surface area contributed by atoms with Crippen LogP contribution in [0.4, 0.5) is 17.1 Å². The largest absolute Gasteiger partial charge is 0.497 e. The van der Waals surface area contributed by atoms with Crippen LogP contribution in [0.25, 0.3) is 0 Å². The topological polar surface area (TPSA) is 74.7 Å². The third-order valence-corrected chi connectivity index (χ3v) is 8.25. The number of para-hydroxylation sites is 1. The van der Waals surface area contributed by atoms with Crippen LogP contribution in [-0.2, 0) is 16.0 Å². The van der Waals surface area contributed by atoms with Gasteiger partial charge in [-0.1, -0.05) is 18.2 Å². The number of benzene rings is 3. The average Bonchev–Trinajstić information content (AvgIpc) is 3.22. The molecule has 200 valence electrons. The van der Waals surface area contributed by atoms with Crippen LogP contribution in [0.15, 0.2) is 77.9 Å². The number of rotatable bonds is 5. The lowest BCUT2D eigenvalue weighted by molar-refractivity contribution is -0.125. The highest BCUT2D eigenvalue weighted by Gasteiger charge is 2.59. The maximum atomic E-state index is 14.5. The Kier molecular flexibility index (Phi) is 6.25. The lowest BCUT2D eigenvalue weighted by Crippen LogP contribution is -2.67. The zero-order valence-corrected chi connectivity index (χ0v) is 22.5. The molecular weight excluding hydrogens is 492 g/mol. The molecule has 0 radical (unpaired) electrons. The van der Waals surface area contributed by atoms with E-state index < -0.39 is 5.41 Å². The van der Waals surface area contributed by atoms with Crippen molar-refractivity contribution < 1.29 is 19.1 Å². The minimum atomic E-state index is -0.806. The van der Waals surface area contributed by atoms with E-state index >= 15 is 0 Å². The van der Waals surface area contributed by atoms with E-state index in [9.17, 15) is 9.59 Å². The highest BCUT2D eigenvalue weighted by Crippen LogP contribution is 2.48. The van der Waals surface area contributed by atoms with Crippen molar-refractivity contribution in [2.45, 2.75) is 26.3 Å². The number of amides is 1. The average molecular weight is 525 g/mol. The second kappa shape index (κ2) is 9.76. The monoisotopic (exact) mass is 524 g/mol. The second-order valence-corrected chi connectivity index (χ2v) is 10.2. The van der Waals surface area contributed by atoms with Gasteiger partial charge < -0.3 is 19.3 Å². The quantitative estimate of drug-likeness (QED) is 0.457. The van der Waals surface area contributed by atoms with E-state index in [2.05, 4.69) is 40.1 Å². The first kappa shape index (κ1) is 25.0. The second-order valence-electron chi connectivity index (χ2n) is 10.2. The predicted octanol–water partition coefficient (Wildman–Crippen LogP) is 4.53. The normalized spacial score (nSPS) is 21.9. The van der Waals surface area contributed by atoms with Crippen LogP contribution in [0.2, 0.25) is 0 Å². The van der Waals surface area contributed by atoms with Crippen molar-refractivity contribution in [3.8, 4) is 5.75 Å². The summed E-state index contributed by atoms with van der Waals surface area (Å²) in [5.41, 5.74) is 4.55. The van der Waals surface area contributed by atoms with E-state index in [1.165, 1.54) is 10.7 Å². The minimum Gasteiger partial charge on any atom is -0.497 e. The summed E-state index contributed by atoms with van der Waals surface area (Å²) in [5.74, 6) is 0.400. The Morgan fingerprint density at radius 1 is 1.00 bits per heavy atom. The molecule has 1 amide bonds. The van der Waals surface area contributed by atoms with Crippen LogP contribution in [0.3, 0.4) is 0 Å². The first-order valence-corrected chi connectivity index (χ1v) is 13.4. The molecule has 3 aromatic carbocycles. The Morgan fingerprint density at radius 2 is 1.72 bits per heavy atom. The van der Waals surface area contributed by atoms with Gasteiger partial charge in [-0.05, 0) is 80.4 Å². The molecule has 3 heterocycles. The van der Waals surface area contributed by atoms with Gasteiger partial charge in [-0.2, -0.15) is 10.1 Å². The fourth-order valence-corrected chi connectivity index (χ4v) is 6.22. The summed E-state index contributed by atoms with van der Waals surface area (Å²) in [6.07, 6.45) is 0.590. The van der Waals surface area contributed by atoms with Crippen molar-refractivity contribution >= 4 is 34.7 Å². The maximum absolute atomic E-state index is 14.5. The van der Waals surface area contributed by atoms with Gasteiger partial charge in [-0.15, -0.1) is 0 Å². The molecule has 1 fully saturated rings. The Bertz CT molecular complexity index is 1440. The smallest absolute Gasteiger partial charge is 0.338 e. The number of hydrazone groups is 1. The molecule has 3 aliphatic heterocycles. The van der Waals surface area contributed by atoms with Crippen LogP contribution >= 0.6 is 0 Å². The summed E-state index contributed by atoms with van der Waals surface area (Å²) >= 11 is 0. The molecule has 3 aliphatic rings. The number of esters is 1. The summed E-state index contributed by atoms with van der Waals surface area (Å²) in [5, 5.41) is 6.35. The lowest BCUT2D eigenvalue weighted by atomic mass is 9.67. The Labute approximate surface area is 228 Å². The zero-order valence-electron chi connectivity index (χ0n) is 22.5. The molecule has 0 aliphatic carbocycles. The Morgan fingerprint density at radius 3 is 2.44 bits per heavy atom. The molecule has 39 heavy (non-hydrogen) atoms. The molecule has 0 saturated carbocycles. The fraction of sp³-hybridized carbons (Fsp3) is 0.323. The molecule has 8 nitrogen and oxygen atoms in total. The van der Waals surface area contributed by atoms with Gasteiger partial charge in [0, 0.05) is 31.0 Å². The predicted molar refractivity (Wildman–Crippen MR) is 152 cm³/mol. The number of fused-ring (bicyclic) bond motifs is 4. The number of hydrogen-bond donors (Lipinski definition) is 0. The van der Waals surface area contributed by atoms with Crippen molar-refractivity contribution in [3.05, 3.63) is 83.9 Å². The molecule has 0 aromatic heterocycles. The van der Waals surface area contributed by atoms with Crippen molar-refractivity contribution in [2.24, 2.45) is 10.5 Å². The van der Waals surface area contributed by atoms with Gasteiger partial charge in [0.1, 0.15) is 11.2 Å². The molecule has 0 bridgehead atoms. The first-order chi connectivity index (χ1) is 19.0. The summed E-state index contributed by atoms with van der Waals surface area (Å²) in [7, 11) is 1.67. The molecule has 1 spiro atoms. The standard InChI is InChI=1S/C31H32N4O4/c1-4-39-29(36)22-9-11-25(12-10-22)35-30(37)31(21(2)32-35)19-23-7-5-6-8-27(23)34-18-17-33(20-28(31)34)24-13-15-26(38-3)16-14-24/h5-16,28H,4,17-20H2,1-3H3/t28-,31+/m0/s1. The molecule has 0 N–H and O–H groups in total. The molecule has 8 heteroatoms. The molecule has 1 saturated heterocycles. The highest BCUT2D eigenvalue weighted by atomic mass is 16.5. The SMILES string of the molecule is CCOC(=O)c1ccc(N2N=C(C)[C@@]3(Cc4ccccc4N4CCN(c5ccc(OC)cc5)C[C@H]43)C2=O)cc1. The van der Waals surface area contributed by atoms with E-state index in [0.29, 0.717) is 30.8 Å². The number of piperazine rings is 1. The molecule has 2 atom stereocenters. The van der Waals surface area contributed by atoms with Gasteiger partial charge in [0.05, 0.1) is 36.7 Å². The Balaban J connectivity index is 1.36. The highest BCUT2D eigenvalue weighted by molar-refractivity contribution is 6.20. The number of carbonyl (C=O) groups excluding carboxylic acids is 2. The molecule has 3 aromatic rings. The Hall–Kier alpha value is -4.33. The van der Waals surface area contributed by atoms with Gasteiger partial charge in [0.2, 0.25) is 0 Å². The molecular formula is C31H32N4O4. The third kappa shape index (κ3) is 4.02. The summed E-state index contributed by atoms with van der Waals surface area (Å²) in [6.45, 7) is 6.39. The minimum absolute atomic E-state index is 0.0371. The van der Waals surface area contributed by atoms with Crippen molar-refractivity contribution in [1.82, 2.24) is 0 Å². The van der Waals surface area contributed by atoms with E-state index in [4.69, 9.17) is 14.6 Å². The number of ether oxygens (including phenoxy) is 2. The van der Waals surface area contributed by atoms with Gasteiger partial charge in [0.25, 0.3) is 5.91 Å². The zero-order chi connectivity index (χ0) is 27.1. The first-order valence-electron chi connectivity index (χ1n) is 13.4. The van der Waals surface area contributed by atoms with E-state index in [1.807, 2.05) is 25.1 Å². The molecule has 6 rings (SSSR count). The summed E-state index contributed by atoms with van der Waals surface area (Å²) in [6, 6.07) is 23.3. The number of hydrogen-bond acceptors (Lipinski definition) is 7. The van der Waals surface area contributed by atoms with Crippen LogP contribution in [-0.4, -0.2) is 57.0 Å².